The van der Waals surface area contributed by atoms with Crippen LogP contribution in [-0.2, 0) is 24.4 Å². The topological polar surface area (TPSA) is 82.1 Å². The van der Waals surface area contributed by atoms with Crippen LogP contribution < -0.4 is 16.1 Å². The van der Waals surface area contributed by atoms with Crippen LogP contribution in [0.1, 0.15) is 44.6 Å². The minimum atomic E-state index is -0.525. The van der Waals surface area contributed by atoms with Crippen LogP contribution in [0.15, 0.2) is 76.6 Å². The standard InChI is InChI=1S/C28H31N5O3/c1-2-30-20-29-26-25(30)27(35)32(28(36)31(26)18-21-12-6-3-7-13-21)19-24(34)33(22-14-8-4-9-15-22)23-16-10-5-11-17-23/h3-4,6-9,12-15,20,23H,2,5,10-11,16-19H2,1H3. The van der Waals surface area contributed by atoms with E-state index in [0.29, 0.717) is 17.7 Å². The van der Waals surface area contributed by atoms with Crippen LogP contribution in [0.3, 0.4) is 0 Å². The minimum absolute atomic E-state index is 0.0563. The third kappa shape index (κ3) is 4.51. The number of imidazole rings is 1. The molecular formula is C28H31N5O3. The number of aromatic nitrogens is 4. The van der Waals surface area contributed by atoms with Crippen LogP contribution in [0.5, 0.6) is 0 Å². The van der Waals surface area contributed by atoms with E-state index in [2.05, 4.69) is 4.98 Å². The van der Waals surface area contributed by atoms with Crippen molar-refractivity contribution < 1.29 is 4.79 Å². The molecule has 0 atom stereocenters. The molecule has 0 radical (unpaired) electrons. The summed E-state index contributed by atoms with van der Waals surface area (Å²) in [6.07, 6.45) is 6.69. The summed E-state index contributed by atoms with van der Waals surface area (Å²) in [4.78, 5) is 47.3. The Labute approximate surface area is 209 Å². The quantitative estimate of drug-likeness (QED) is 0.399. The van der Waals surface area contributed by atoms with Crippen molar-refractivity contribution in [2.24, 2.45) is 0 Å². The number of aryl methyl sites for hydroxylation is 1. The molecule has 0 spiro atoms. The van der Waals surface area contributed by atoms with Gasteiger partial charge in [0.1, 0.15) is 6.54 Å². The van der Waals surface area contributed by atoms with E-state index in [1.54, 1.807) is 15.8 Å². The molecule has 4 aromatic rings. The van der Waals surface area contributed by atoms with Gasteiger partial charge in [-0.25, -0.2) is 14.3 Å². The first-order valence-electron chi connectivity index (χ1n) is 12.7. The van der Waals surface area contributed by atoms with Gasteiger partial charge in [0.15, 0.2) is 11.2 Å². The molecule has 0 N–H and O–H groups in total. The minimum Gasteiger partial charge on any atom is -0.325 e. The lowest BCUT2D eigenvalue weighted by Crippen LogP contribution is -2.48. The van der Waals surface area contributed by atoms with Crippen molar-refractivity contribution in [3.05, 3.63) is 93.4 Å². The Morgan fingerprint density at radius 1 is 0.944 bits per heavy atom. The number of hydrogen-bond acceptors (Lipinski definition) is 4. The molecule has 0 unspecified atom stereocenters. The van der Waals surface area contributed by atoms with E-state index in [4.69, 9.17) is 0 Å². The highest BCUT2D eigenvalue weighted by Crippen LogP contribution is 2.27. The smallest absolute Gasteiger partial charge is 0.325 e. The number of benzene rings is 2. The zero-order valence-corrected chi connectivity index (χ0v) is 20.5. The fraction of sp³-hybridized carbons (Fsp3) is 0.357. The number of nitrogens with zero attached hydrogens (tertiary/aromatic N) is 5. The maximum atomic E-state index is 13.8. The van der Waals surface area contributed by atoms with Crippen LogP contribution in [0.4, 0.5) is 5.69 Å². The van der Waals surface area contributed by atoms with E-state index >= 15 is 0 Å². The molecule has 8 heteroatoms. The molecule has 2 aromatic heterocycles. The second-order valence-electron chi connectivity index (χ2n) is 9.34. The van der Waals surface area contributed by atoms with Gasteiger partial charge < -0.3 is 9.47 Å². The monoisotopic (exact) mass is 485 g/mol. The van der Waals surface area contributed by atoms with Gasteiger partial charge in [-0.05, 0) is 37.5 Å². The average Bonchev–Trinajstić information content (AvgIpc) is 3.35. The Kier molecular flexibility index (Phi) is 6.84. The van der Waals surface area contributed by atoms with Gasteiger partial charge in [-0.1, -0.05) is 67.8 Å². The molecule has 2 aromatic carbocycles. The molecule has 1 saturated carbocycles. The number of rotatable bonds is 7. The van der Waals surface area contributed by atoms with Crippen LogP contribution in [0.2, 0.25) is 0 Å². The first-order valence-corrected chi connectivity index (χ1v) is 12.7. The van der Waals surface area contributed by atoms with E-state index < -0.39 is 11.2 Å². The summed E-state index contributed by atoms with van der Waals surface area (Å²) in [7, 11) is 0. The summed E-state index contributed by atoms with van der Waals surface area (Å²) in [5.41, 5.74) is 1.38. The Morgan fingerprint density at radius 3 is 2.28 bits per heavy atom. The van der Waals surface area contributed by atoms with Crippen LogP contribution in [0.25, 0.3) is 11.2 Å². The molecule has 0 saturated heterocycles. The number of amides is 1. The third-order valence-electron chi connectivity index (χ3n) is 7.04. The van der Waals surface area contributed by atoms with Crippen molar-refractivity contribution in [1.29, 1.82) is 0 Å². The first kappa shape index (κ1) is 23.8. The molecule has 0 aliphatic heterocycles. The van der Waals surface area contributed by atoms with Crippen molar-refractivity contribution in [3.8, 4) is 0 Å². The van der Waals surface area contributed by atoms with Crippen LogP contribution >= 0.6 is 0 Å². The number of para-hydroxylation sites is 1. The van der Waals surface area contributed by atoms with Gasteiger partial charge in [-0.2, -0.15) is 0 Å². The number of anilines is 1. The van der Waals surface area contributed by atoms with Gasteiger partial charge in [0.2, 0.25) is 5.91 Å². The van der Waals surface area contributed by atoms with Crippen LogP contribution in [0, 0.1) is 0 Å². The lowest BCUT2D eigenvalue weighted by atomic mass is 9.93. The Morgan fingerprint density at radius 2 is 1.61 bits per heavy atom. The predicted molar refractivity (Wildman–Crippen MR) is 140 cm³/mol. The number of carbonyl (C=O) groups is 1. The van der Waals surface area contributed by atoms with E-state index in [1.165, 1.54) is 4.57 Å². The second-order valence-corrected chi connectivity index (χ2v) is 9.34. The van der Waals surface area contributed by atoms with Crippen molar-refractivity contribution in [2.75, 3.05) is 4.90 Å². The molecule has 1 aliphatic carbocycles. The van der Waals surface area contributed by atoms with E-state index in [9.17, 15) is 14.4 Å². The summed E-state index contributed by atoms with van der Waals surface area (Å²) < 4.78 is 4.31. The van der Waals surface area contributed by atoms with E-state index in [-0.39, 0.29) is 25.0 Å². The molecule has 5 rings (SSSR count). The van der Waals surface area contributed by atoms with E-state index in [1.807, 2.05) is 67.6 Å². The first-order chi connectivity index (χ1) is 17.6. The highest BCUT2D eigenvalue weighted by molar-refractivity contribution is 5.94. The van der Waals surface area contributed by atoms with Crippen LogP contribution in [-0.4, -0.2) is 30.6 Å². The second kappa shape index (κ2) is 10.4. The molecule has 1 fully saturated rings. The van der Waals surface area contributed by atoms with Crippen molar-refractivity contribution in [1.82, 2.24) is 18.7 Å². The third-order valence-corrected chi connectivity index (χ3v) is 7.04. The van der Waals surface area contributed by atoms with E-state index in [0.717, 1.165) is 47.9 Å². The van der Waals surface area contributed by atoms with Gasteiger partial charge >= 0.3 is 5.69 Å². The van der Waals surface area contributed by atoms with Gasteiger partial charge in [0, 0.05) is 18.3 Å². The maximum absolute atomic E-state index is 13.8. The molecular weight excluding hydrogens is 454 g/mol. The highest BCUT2D eigenvalue weighted by atomic mass is 16.2. The lowest BCUT2D eigenvalue weighted by Gasteiger charge is -2.34. The Hall–Kier alpha value is -3.94. The SMILES string of the molecule is CCn1cnc2c1c(=O)n(CC(=O)N(c1ccccc1)C1CCCCC1)c(=O)n2Cc1ccccc1. The Balaban J connectivity index is 1.60. The van der Waals surface area contributed by atoms with Gasteiger partial charge in [0.25, 0.3) is 5.56 Å². The number of hydrogen-bond donors (Lipinski definition) is 0. The summed E-state index contributed by atoms with van der Waals surface area (Å²) >= 11 is 0. The zero-order chi connectivity index (χ0) is 25.1. The molecule has 0 bridgehead atoms. The number of fused-ring (bicyclic) bond motifs is 1. The van der Waals surface area contributed by atoms with Gasteiger partial charge in [0.05, 0.1) is 12.9 Å². The summed E-state index contributed by atoms with van der Waals surface area (Å²) in [5.74, 6) is -0.250. The van der Waals surface area contributed by atoms with Crippen molar-refractivity contribution >= 4 is 22.8 Å². The maximum Gasteiger partial charge on any atom is 0.333 e. The summed E-state index contributed by atoms with van der Waals surface area (Å²) in [6.45, 7) is 2.39. The average molecular weight is 486 g/mol. The Bertz CT molecular complexity index is 1460. The highest BCUT2D eigenvalue weighted by Gasteiger charge is 2.28. The molecule has 1 aliphatic rings. The molecule has 1 amide bonds. The predicted octanol–water partition coefficient (Wildman–Crippen LogP) is 3.79. The van der Waals surface area contributed by atoms with Gasteiger partial charge in [-0.15, -0.1) is 0 Å². The zero-order valence-electron chi connectivity index (χ0n) is 20.5. The molecule has 8 nitrogen and oxygen atoms in total. The van der Waals surface area contributed by atoms with Gasteiger partial charge in [-0.3, -0.25) is 14.2 Å². The fourth-order valence-electron chi connectivity index (χ4n) is 5.22. The lowest BCUT2D eigenvalue weighted by molar-refractivity contribution is -0.119. The summed E-state index contributed by atoms with van der Waals surface area (Å²) in [6, 6.07) is 19.2. The normalized spacial score (nSPS) is 14.2. The summed E-state index contributed by atoms with van der Waals surface area (Å²) in [5, 5.41) is 0. The largest absolute Gasteiger partial charge is 0.333 e. The molecule has 186 valence electrons. The fourth-order valence-corrected chi connectivity index (χ4v) is 5.22. The van der Waals surface area contributed by atoms with Crippen molar-refractivity contribution in [2.45, 2.75) is 64.7 Å². The number of carbonyl (C=O) groups excluding carboxylic acids is 1. The molecule has 2 heterocycles. The van der Waals surface area contributed by atoms with Crippen molar-refractivity contribution in [3.63, 3.8) is 0 Å². The molecule has 36 heavy (non-hydrogen) atoms.